The number of carbonyl (C=O) groups excluding carboxylic acids is 2. The summed E-state index contributed by atoms with van der Waals surface area (Å²) in [5.74, 6) is -0.557. The highest BCUT2D eigenvalue weighted by Gasteiger charge is 2.36. The molecule has 0 amide bonds. The average molecular weight is 279 g/mol. The van der Waals surface area contributed by atoms with Crippen LogP contribution in [0.2, 0.25) is 0 Å². The summed E-state index contributed by atoms with van der Waals surface area (Å²) < 4.78 is 6.73. The van der Waals surface area contributed by atoms with E-state index in [0.29, 0.717) is 11.1 Å². The van der Waals surface area contributed by atoms with E-state index in [1.54, 1.807) is 42.5 Å². The Morgan fingerprint density at radius 3 is 2.52 bits per heavy atom. The lowest BCUT2D eigenvalue weighted by Gasteiger charge is -2.19. The van der Waals surface area contributed by atoms with E-state index in [4.69, 9.17) is 4.74 Å². The Morgan fingerprint density at radius 2 is 1.81 bits per heavy atom. The van der Waals surface area contributed by atoms with Crippen molar-refractivity contribution in [2.45, 2.75) is 6.23 Å². The summed E-state index contributed by atoms with van der Waals surface area (Å²) in [4.78, 5) is 25.0. The number of nitrogens with zero attached hydrogens (tertiary/aromatic N) is 3. The van der Waals surface area contributed by atoms with Crippen LogP contribution in [0.15, 0.2) is 48.8 Å². The van der Waals surface area contributed by atoms with Crippen LogP contribution in [0.1, 0.15) is 38.3 Å². The van der Waals surface area contributed by atoms with Gasteiger partial charge < -0.3 is 4.74 Å². The third kappa shape index (κ3) is 1.59. The second-order valence-corrected chi connectivity index (χ2v) is 4.68. The Bertz CT molecular complexity index is 832. The normalized spacial score (nSPS) is 19.1. The van der Waals surface area contributed by atoms with Crippen LogP contribution in [0, 0.1) is 0 Å². The Hall–Kier alpha value is -3.02. The summed E-state index contributed by atoms with van der Waals surface area (Å²) in [7, 11) is 0. The van der Waals surface area contributed by atoms with Crippen molar-refractivity contribution in [1.82, 2.24) is 15.0 Å². The molecule has 2 aliphatic rings. The van der Waals surface area contributed by atoms with Gasteiger partial charge in [-0.25, -0.2) is 0 Å². The summed E-state index contributed by atoms with van der Waals surface area (Å²) in [6.45, 7) is 0. The maximum atomic E-state index is 12.6. The fourth-order valence-electron chi connectivity index (χ4n) is 2.49. The molecule has 1 aliphatic heterocycles. The van der Waals surface area contributed by atoms with Crippen molar-refractivity contribution in [3.05, 3.63) is 71.3 Å². The number of ether oxygens (including phenoxy) is 1. The fourth-order valence-corrected chi connectivity index (χ4v) is 2.49. The highest BCUT2D eigenvalue weighted by Crippen LogP contribution is 2.28. The average Bonchev–Trinajstić information content (AvgIpc) is 2.99. The number of hydrogen-bond acceptors (Lipinski definition) is 5. The van der Waals surface area contributed by atoms with Gasteiger partial charge in [-0.2, -0.15) is 4.68 Å². The van der Waals surface area contributed by atoms with Crippen molar-refractivity contribution in [2.75, 3.05) is 0 Å². The molecule has 102 valence electrons. The molecule has 1 atom stereocenters. The standard InChI is InChI=1S/C15H9N3O3/c19-14-9-5-1-2-6-10(9)15(20)13-12(14)16-17-18(13)11-7-3-4-8-21-11/h1-8,11H. The summed E-state index contributed by atoms with van der Waals surface area (Å²) in [6.07, 6.45) is 6.16. The third-order valence-corrected chi connectivity index (χ3v) is 3.47. The third-order valence-electron chi connectivity index (χ3n) is 3.47. The first-order chi connectivity index (χ1) is 10.3. The Balaban J connectivity index is 1.89. The van der Waals surface area contributed by atoms with Crippen molar-refractivity contribution in [3.63, 3.8) is 0 Å². The van der Waals surface area contributed by atoms with E-state index >= 15 is 0 Å². The second kappa shape index (κ2) is 4.24. The quantitative estimate of drug-likeness (QED) is 0.677. The Morgan fingerprint density at radius 1 is 1.05 bits per heavy atom. The molecule has 0 saturated carbocycles. The maximum Gasteiger partial charge on any atom is 0.216 e. The van der Waals surface area contributed by atoms with E-state index in [1.807, 2.05) is 0 Å². The Kier molecular flexibility index (Phi) is 2.38. The molecule has 0 radical (unpaired) electrons. The van der Waals surface area contributed by atoms with Crippen LogP contribution in [0.25, 0.3) is 0 Å². The number of allylic oxidation sites excluding steroid dienone is 2. The molecule has 0 saturated heterocycles. The number of carbonyl (C=O) groups is 2. The monoisotopic (exact) mass is 279 g/mol. The topological polar surface area (TPSA) is 74.1 Å². The molecule has 6 heteroatoms. The smallest absolute Gasteiger partial charge is 0.216 e. The largest absolute Gasteiger partial charge is 0.473 e. The predicted molar refractivity (Wildman–Crippen MR) is 71.7 cm³/mol. The lowest BCUT2D eigenvalue weighted by Crippen LogP contribution is -2.25. The van der Waals surface area contributed by atoms with Gasteiger partial charge in [0.25, 0.3) is 0 Å². The van der Waals surface area contributed by atoms with Gasteiger partial charge in [-0.3, -0.25) is 9.59 Å². The minimum Gasteiger partial charge on any atom is -0.473 e. The van der Waals surface area contributed by atoms with Gasteiger partial charge >= 0.3 is 0 Å². The summed E-state index contributed by atoms with van der Waals surface area (Å²) >= 11 is 0. The van der Waals surface area contributed by atoms with Gasteiger partial charge in [-0.1, -0.05) is 35.6 Å². The van der Waals surface area contributed by atoms with Crippen LogP contribution in [-0.2, 0) is 4.74 Å². The molecule has 6 nitrogen and oxygen atoms in total. The van der Waals surface area contributed by atoms with E-state index in [-0.39, 0.29) is 23.0 Å². The molecule has 1 unspecified atom stereocenters. The molecular weight excluding hydrogens is 270 g/mol. The van der Waals surface area contributed by atoms with Crippen LogP contribution in [0.5, 0.6) is 0 Å². The molecule has 0 bridgehead atoms. The summed E-state index contributed by atoms with van der Waals surface area (Å²) in [5.41, 5.74) is 0.977. The number of hydrogen-bond donors (Lipinski definition) is 0. The van der Waals surface area contributed by atoms with Gasteiger partial charge in [0, 0.05) is 11.1 Å². The van der Waals surface area contributed by atoms with Gasteiger partial charge in [-0.05, 0) is 12.2 Å². The van der Waals surface area contributed by atoms with Crippen molar-refractivity contribution in [2.24, 2.45) is 0 Å². The molecule has 1 aromatic heterocycles. The van der Waals surface area contributed by atoms with Crippen molar-refractivity contribution in [1.29, 1.82) is 0 Å². The molecule has 0 fully saturated rings. The van der Waals surface area contributed by atoms with Crippen molar-refractivity contribution < 1.29 is 14.3 Å². The first kappa shape index (κ1) is 11.8. The van der Waals surface area contributed by atoms with Crippen LogP contribution < -0.4 is 0 Å². The van der Waals surface area contributed by atoms with E-state index in [9.17, 15) is 9.59 Å². The van der Waals surface area contributed by atoms with Gasteiger partial charge in [0.15, 0.2) is 5.69 Å². The molecule has 4 rings (SSSR count). The number of benzene rings is 1. The van der Waals surface area contributed by atoms with E-state index < -0.39 is 6.23 Å². The number of rotatable bonds is 1. The first-order valence-corrected chi connectivity index (χ1v) is 6.40. The highest BCUT2D eigenvalue weighted by atomic mass is 16.5. The van der Waals surface area contributed by atoms with Crippen LogP contribution in [0.3, 0.4) is 0 Å². The Labute approximate surface area is 119 Å². The maximum absolute atomic E-state index is 12.6. The molecular formula is C15H9N3O3. The first-order valence-electron chi connectivity index (χ1n) is 6.40. The highest BCUT2D eigenvalue weighted by molar-refractivity contribution is 6.26. The molecule has 1 aliphatic carbocycles. The van der Waals surface area contributed by atoms with Gasteiger partial charge in [0.2, 0.25) is 17.8 Å². The van der Waals surface area contributed by atoms with E-state index in [1.165, 1.54) is 10.9 Å². The molecule has 21 heavy (non-hydrogen) atoms. The lowest BCUT2D eigenvalue weighted by molar-refractivity contribution is 0.0899. The molecule has 1 aromatic carbocycles. The van der Waals surface area contributed by atoms with Crippen LogP contribution in [0.4, 0.5) is 0 Å². The van der Waals surface area contributed by atoms with Crippen LogP contribution >= 0.6 is 0 Å². The second-order valence-electron chi connectivity index (χ2n) is 4.68. The van der Waals surface area contributed by atoms with Gasteiger partial charge in [-0.15, -0.1) is 5.10 Å². The molecule has 2 aromatic rings. The lowest BCUT2D eigenvalue weighted by atomic mass is 9.90. The van der Waals surface area contributed by atoms with Crippen molar-refractivity contribution >= 4 is 11.6 Å². The predicted octanol–water partition coefficient (Wildman–Crippen LogP) is 1.65. The van der Waals surface area contributed by atoms with Crippen LogP contribution in [-0.4, -0.2) is 26.6 Å². The number of ketones is 2. The minimum absolute atomic E-state index is 0.0743. The minimum atomic E-state index is -0.576. The molecule has 2 heterocycles. The van der Waals surface area contributed by atoms with Crippen molar-refractivity contribution in [3.8, 4) is 0 Å². The summed E-state index contributed by atoms with van der Waals surface area (Å²) in [5, 5.41) is 7.79. The molecule has 0 spiro atoms. The summed E-state index contributed by atoms with van der Waals surface area (Å²) in [6, 6.07) is 6.70. The zero-order chi connectivity index (χ0) is 14.4. The zero-order valence-electron chi connectivity index (χ0n) is 10.8. The molecule has 0 N–H and O–H groups in total. The number of aromatic nitrogens is 3. The van der Waals surface area contributed by atoms with E-state index in [2.05, 4.69) is 10.3 Å². The number of fused-ring (bicyclic) bond motifs is 2. The van der Waals surface area contributed by atoms with Gasteiger partial charge in [0.05, 0.1) is 6.26 Å². The van der Waals surface area contributed by atoms with E-state index in [0.717, 1.165) is 0 Å². The van der Waals surface area contributed by atoms with Gasteiger partial charge in [0.1, 0.15) is 5.69 Å². The SMILES string of the molecule is O=C1c2ccccc2C(=O)c2c1nnn2C1C=CC=CO1. The fraction of sp³-hybridized carbons (Fsp3) is 0.0667. The zero-order valence-corrected chi connectivity index (χ0v) is 10.8.